The fourth-order valence-electron chi connectivity index (χ4n) is 2.15. The van der Waals surface area contributed by atoms with Crippen molar-refractivity contribution < 1.29 is 7.80 Å². The van der Waals surface area contributed by atoms with Crippen molar-refractivity contribution in [2.45, 2.75) is 31.2 Å². The minimum atomic E-state index is -0.342. The summed E-state index contributed by atoms with van der Waals surface area (Å²) in [5, 5.41) is 3.28. The lowest BCUT2D eigenvalue weighted by Gasteiger charge is -2.17. The molecule has 3 heterocycles. The molecule has 0 saturated carbocycles. The van der Waals surface area contributed by atoms with Crippen molar-refractivity contribution in [3.05, 3.63) is 0 Å². The molecular formula is C9H14IN3O2. The van der Waals surface area contributed by atoms with E-state index in [2.05, 4.69) is 13.5 Å². The molecule has 3 aliphatic rings. The number of ether oxygens (including phenoxy) is 1. The van der Waals surface area contributed by atoms with Gasteiger partial charge in [0.1, 0.15) is 18.0 Å². The average Bonchev–Trinajstić information content (AvgIpc) is 3.02. The van der Waals surface area contributed by atoms with Crippen molar-refractivity contribution in [1.29, 1.82) is 0 Å². The quantitative estimate of drug-likeness (QED) is 0.772. The van der Waals surface area contributed by atoms with Crippen molar-refractivity contribution in [2.75, 3.05) is 19.6 Å². The largest absolute Gasteiger partial charge is 0.370 e. The molecule has 0 amide bonds. The molecule has 0 aromatic carbocycles. The molecule has 0 aliphatic carbocycles. The second kappa shape index (κ2) is 4.42. The van der Waals surface area contributed by atoms with Crippen molar-refractivity contribution in [3.8, 4) is 0 Å². The molecule has 1 saturated heterocycles. The highest BCUT2D eigenvalue weighted by molar-refractivity contribution is 14.1. The van der Waals surface area contributed by atoms with Crippen LogP contribution in [-0.4, -0.2) is 43.8 Å². The fourth-order valence-corrected chi connectivity index (χ4v) is 3.64. The van der Waals surface area contributed by atoms with Crippen LogP contribution < -0.4 is 5.32 Å². The van der Waals surface area contributed by atoms with Gasteiger partial charge in [-0.2, -0.15) is 0 Å². The average molecular weight is 323 g/mol. The summed E-state index contributed by atoms with van der Waals surface area (Å²) in [6.07, 6.45) is 2.79. The molecule has 1 N–H and O–H groups in total. The van der Waals surface area contributed by atoms with E-state index in [1.165, 1.54) is 0 Å². The number of rotatable bonds is 2. The summed E-state index contributed by atoms with van der Waals surface area (Å²) in [5.41, 5.74) is 0. The zero-order chi connectivity index (χ0) is 10.1. The standard InChI is InChI=1S/C9H14IN3O2/c1-2-7(9-11-3-4-12-9)14-6(1)8-5-13-10-15-8/h6-8H,1-5H2,(H,11,12). The molecule has 15 heavy (non-hydrogen) atoms. The van der Waals surface area contributed by atoms with Gasteiger partial charge in [0.15, 0.2) is 21.4 Å². The summed E-state index contributed by atoms with van der Waals surface area (Å²) in [6, 6.07) is 0. The third kappa shape index (κ3) is 2.07. The summed E-state index contributed by atoms with van der Waals surface area (Å²) < 4.78 is 15.9. The lowest BCUT2D eigenvalue weighted by atomic mass is 10.1. The molecule has 6 heteroatoms. The first-order chi connectivity index (χ1) is 7.43. The van der Waals surface area contributed by atoms with Gasteiger partial charge in [0.2, 0.25) is 0 Å². The molecule has 3 rings (SSSR count). The molecule has 0 aromatic heterocycles. The Kier molecular flexibility index (Phi) is 2.98. The molecule has 3 aliphatic heterocycles. The van der Waals surface area contributed by atoms with Gasteiger partial charge < -0.3 is 10.1 Å². The van der Waals surface area contributed by atoms with Gasteiger partial charge in [0.05, 0.1) is 19.2 Å². The van der Waals surface area contributed by atoms with Gasteiger partial charge >= 0.3 is 0 Å². The van der Waals surface area contributed by atoms with E-state index in [9.17, 15) is 0 Å². The first-order valence-electron chi connectivity index (χ1n) is 5.34. The molecule has 3 atom stereocenters. The van der Waals surface area contributed by atoms with Crippen molar-refractivity contribution in [1.82, 2.24) is 5.32 Å². The van der Waals surface area contributed by atoms with Gasteiger partial charge in [0, 0.05) is 6.54 Å². The van der Waals surface area contributed by atoms with E-state index in [0.29, 0.717) is 0 Å². The smallest absolute Gasteiger partial charge is 0.161 e. The summed E-state index contributed by atoms with van der Waals surface area (Å²) in [4.78, 5) is 4.40. The van der Waals surface area contributed by atoms with Gasteiger partial charge in [-0.3, -0.25) is 8.06 Å². The highest BCUT2D eigenvalue weighted by atomic mass is 127. The first-order valence-corrected chi connectivity index (χ1v) is 7.18. The lowest BCUT2D eigenvalue weighted by molar-refractivity contribution is 0.0187. The van der Waals surface area contributed by atoms with Crippen LogP contribution in [0.4, 0.5) is 0 Å². The third-order valence-corrected chi connectivity index (χ3v) is 4.48. The van der Waals surface area contributed by atoms with Gasteiger partial charge in [0.25, 0.3) is 0 Å². The molecule has 0 bridgehead atoms. The van der Waals surface area contributed by atoms with E-state index in [1.54, 1.807) is 0 Å². The summed E-state index contributed by atoms with van der Waals surface area (Å²) >= 11 is -0.342. The summed E-state index contributed by atoms with van der Waals surface area (Å²) in [7, 11) is 0. The van der Waals surface area contributed by atoms with E-state index in [1.807, 2.05) is 0 Å². The number of nitrogens with zero attached hydrogens (tertiary/aromatic N) is 2. The van der Waals surface area contributed by atoms with E-state index >= 15 is 0 Å². The number of amidine groups is 1. The Balaban J connectivity index is 1.58. The number of aliphatic imine (C=N–C) groups is 1. The van der Waals surface area contributed by atoms with Gasteiger partial charge in [-0.15, -0.1) is 0 Å². The van der Waals surface area contributed by atoms with Crippen LogP contribution in [0.5, 0.6) is 0 Å². The zero-order valence-electron chi connectivity index (χ0n) is 8.36. The van der Waals surface area contributed by atoms with Crippen LogP contribution >= 0.6 is 21.4 Å². The van der Waals surface area contributed by atoms with E-state index < -0.39 is 0 Å². The van der Waals surface area contributed by atoms with Crippen molar-refractivity contribution in [3.63, 3.8) is 0 Å². The summed E-state index contributed by atoms with van der Waals surface area (Å²) in [6.45, 7) is 2.69. The van der Waals surface area contributed by atoms with Crippen molar-refractivity contribution >= 4 is 27.3 Å². The molecule has 5 nitrogen and oxygen atoms in total. The maximum absolute atomic E-state index is 5.97. The highest BCUT2D eigenvalue weighted by Gasteiger charge is 2.36. The Labute approximate surface area is 99.3 Å². The van der Waals surface area contributed by atoms with Crippen LogP contribution in [0.2, 0.25) is 0 Å². The Morgan fingerprint density at radius 1 is 1.33 bits per heavy atom. The van der Waals surface area contributed by atoms with Crippen molar-refractivity contribution in [2.24, 2.45) is 8.14 Å². The van der Waals surface area contributed by atoms with Crippen LogP contribution in [0.15, 0.2) is 8.14 Å². The molecule has 0 radical (unpaired) electrons. The van der Waals surface area contributed by atoms with Crippen LogP contribution in [0.25, 0.3) is 0 Å². The Bertz CT molecular complexity index is 300. The zero-order valence-corrected chi connectivity index (χ0v) is 10.5. The van der Waals surface area contributed by atoms with Crippen LogP contribution in [0.3, 0.4) is 0 Å². The van der Waals surface area contributed by atoms with E-state index in [0.717, 1.165) is 38.3 Å². The predicted octanol–water partition coefficient (Wildman–Crippen LogP) is 1.00. The molecule has 0 aromatic rings. The Morgan fingerprint density at radius 3 is 3.07 bits per heavy atom. The number of nitrogens with one attached hydrogen (secondary N) is 1. The molecule has 84 valence electrons. The maximum atomic E-state index is 5.97. The third-order valence-electron chi connectivity index (χ3n) is 2.92. The van der Waals surface area contributed by atoms with Crippen LogP contribution in [0, 0.1) is 0 Å². The minimum Gasteiger partial charge on any atom is -0.370 e. The SMILES string of the molecule is C1CNC(C2CCC(C3CN=IO3)O2)=N1. The minimum absolute atomic E-state index is 0.180. The van der Waals surface area contributed by atoms with Gasteiger partial charge in [-0.1, -0.05) is 0 Å². The fraction of sp³-hybridized carbons (Fsp3) is 0.889. The molecule has 1 fully saturated rings. The lowest BCUT2D eigenvalue weighted by Crippen LogP contribution is -2.34. The maximum Gasteiger partial charge on any atom is 0.161 e. The Hall–Kier alpha value is -0.0800. The van der Waals surface area contributed by atoms with E-state index in [-0.39, 0.29) is 39.8 Å². The number of hydrogen-bond acceptors (Lipinski definition) is 5. The number of halogens is 1. The van der Waals surface area contributed by atoms with E-state index in [4.69, 9.17) is 7.80 Å². The van der Waals surface area contributed by atoms with Gasteiger partial charge in [-0.25, -0.2) is 3.15 Å². The Morgan fingerprint density at radius 2 is 2.33 bits per heavy atom. The van der Waals surface area contributed by atoms with Crippen LogP contribution in [0.1, 0.15) is 12.8 Å². The monoisotopic (exact) mass is 323 g/mol. The molecular weight excluding hydrogens is 309 g/mol. The first kappa shape index (κ1) is 10.1. The second-order valence-corrected chi connectivity index (χ2v) is 5.52. The highest BCUT2D eigenvalue weighted by Crippen LogP contribution is 2.30. The molecule has 0 spiro atoms. The van der Waals surface area contributed by atoms with Gasteiger partial charge in [-0.05, 0) is 12.8 Å². The second-order valence-electron chi connectivity index (χ2n) is 3.93. The van der Waals surface area contributed by atoms with Crippen LogP contribution in [-0.2, 0) is 7.80 Å². The predicted molar refractivity (Wildman–Crippen MR) is 64.4 cm³/mol. The number of hydrogen-bond donors (Lipinski definition) is 1. The molecule has 3 unspecified atom stereocenters. The normalized spacial score (nSPS) is 40.0. The summed E-state index contributed by atoms with van der Waals surface area (Å²) in [5.74, 6) is 1.04. The topological polar surface area (TPSA) is 55.2 Å².